The average Bonchev–Trinajstić information content (AvgIpc) is 2.73. The van der Waals surface area contributed by atoms with Gasteiger partial charge in [-0.3, -0.25) is 4.79 Å². The lowest BCUT2D eigenvalue weighted by Gasteiger charge is -2.09. The third kappa shape index (κ3) is 5.54. The normalized spacial score (nSPS) is 10.3. The molecule has 27 heavy (non-hydrogen) atoms. The van der Waals surface area contributed by atoms with Gasteiger partial charge in [-0.15, -0.1) is 10.2 Å². The highest BCUT2D eigenvalue weighted by Crippen LogP contribution is 2.19. The van der Waals surface area contributed by atoms with Gasteiger partial charge in [-0.25, -0.2) is 0 Å². The van der Waals surface area contributed by atoms with E-state index < -0.39 is 0 Å². The first kappa shape index (κ1) is 18.4. The number of anilines is 2. The van der Waals surface area contributed by atoms with Crippen LogP contribution in [0.1, 0.15) is 29.4 Å². The summed E-state index contributed by atoms with van der Waals surface area (Å²) in [6, 6.07) is 21.0. The fraction of sp³-hybridized carbons (Fsp3) is 0.190. The number of aromatic nitrogens is 2. The Morgan fingerprint density at radius 2 is 1.74 bits per heavy atom. The SMILES string of the molecule is CCCNC(=O)c1ccc(Nc2ccc(OCc3ccccc3)cc2)nn1. The number of nitrogens with zero attached hydrogens (tertiary/aromatic N) is 2. The maximum atomic E-state index is 11.8. The summed E-state index contributed by atoms with van der Waals surface area (Å²) in [5.74, 6) is 1.15. The number of nitrogens with one attached hydrogen (secondary N) is 2. The number of rotatable bonds is 8. The van der Waals surface area contributed by atoms with Gasteiger partial charge in [0.15, 0.2) is 11.5 Å². The molecule has 0 radical (unpaired) electrons. The summed E-state index contributed by atoms with van der Waals surface area (Å²) in [5.41, 5.74) is 2.29. The number of amides is 1. The minimum absolute atomic E-state index is 0.212. The molecule has 0 aliphatic carbocycles. The molecule has 6 nitrogen and oxygen atoms in total. The second kappa shape index (κ2) is 9.33. The van der Waals surface area contributed by atoms with Crippen LogP contribution in [0.25, 0.3) is 0 Å². The van der Waals surface area contributed by atoms with Gasteiger partial charge in [0.25, 0.3) is 5.91 Å². The van der Waals surface area contributed by atoms with Crippen LogP contribution >= 0.6 is 0 Å². The van der Waals surface area contributed by atoms with Crippen molar-refractivity contribution in [2.75, 3.05) is 11.9 Å². The van der Waals surface area contributed by atoms with Crippen molar-refractivity contribution in [1.82, 2.24) is 15.5 Å². The molecule has 6 heteroatoms. The zero-order valence-corrected chi connectivity index (χ0v) is 15.2. The monoisotopic (exact) mass is 362 g/mol. The number of ether oxygens (including phenoxy) is 1. The van der Waals surface area contributed by atoms with Gasteiger partial charge in [0.05, 0.1) is 0 Å². The van der Waals surface area contributed by atoms with E-state index in [-0.39, 0.29) is 5.91 Å². The van der Waals surface area contributed by atoms with Crippen LogP contribution in [0.2, 0.25) is 0 Å². The molecule has 0 bridgehead atoms. The highest BCUT2D eigenvalue weighted by molar-refractivity contribution is 5.92. The summed E-state index contributed by atoms with van der Waals surface area (Å²) in [6.07, 6.45) is 0.879. The van der Waals surface area contributed by atoms with E-state index in [0.29, 0.717) is 24.7 Å². The van der Waals surface area contributed by atoms with Crippen LogP contribution in [0.4, 0.5) is 11.5 Å². The first-order chi connectivity index (χ1) is 13.2. The van der Waals surface area contributed by atoms with Crippen LogP contribution < -0.4 is 15.4 Å². The van der Waals surface area contributed by atoms with Crippen molar-refractivity contribution in [1.29, 1.82) is 0 Å². The molecule has 3 rings (SSSR count). The molecular formula is C21H22N4O2. The van der Waals surface area contributed by atoms with E-state index in [1.165, 1.54) is 0 Å². The second-order valence-corrected chi connectivity index (χ2v) is 5.98. The van der Waals surface area contributed by atoms with Crippen molar-refractivity contribution in [3.05, 3.63) is 78.0 Å². The molecule has 2 aromatic carbocycles. The van der Waals surface area contributed by atoms with E-state index in [1.54, 1.807) is 12.1 Å². The Bertz CT molecular complexity index is 850. The fourth-order valence-electron chi connectivity index (χ4n) is 2.37. The molecule has 3 aromatic rings. The minimum atomic E-state index is -0.212. The molecule has 138 valence electrons. The van der Waals surface area contributed by atoms with Gasteiger partial charge < -0.3 is 15.4 Å². The number of hydrogen-bond donors (Lipinski definition) is 2. The topological polar surface area (TPSA) is 76.1 Å². The summed E-state index contributed by atoms with van der Waals surface area (Å²) in [4.78, 5) is 11.8. The summed E-state index contributed by atoms with van der Waals surface area (Å²) < 4.78 is 5.77. The molecule has 0 unspecified atom stereocenters. The van der Waals surface area contributed by atoms with Crippen LogP contribution in [-0.2, 0) is 6.61 Å². The molecule has 0 fully saturated rings. The van der Waals surface area contributed by atoms with Gasteiger partial charge in [0.2, 0.25) is 0 Å². The molecular weight excluding hydrogens is 340 g/mol. The maximum absolute atomic E-state index is 11.8. The van der Waals surface area contributed by atoms with Gasteiger partial charge in [0, 0.05) is 12.2 Å². The van der Waals surface area contributed by atoms with E-state index in [0.717, 1.165) is 23.4 Å². The Balaban J connectivity index is 1.54. The summed E-state index contributed by atoms with van der Waals surface area (Å²) in [6.45, 7) is 3.15. The number of benzene rings is 2. The third-order valence-corrected chi connectivity index (χ3v) is 3.81. The van der Waals surface area contributed by atoms with Crippen LogP contribution in [0.5, 0.6) is 5.75 Å². The van der Waals surface area contributed by atoms with Crippen molar-refractivity contribution in [2.45, 2.75) is 20.0 Å². The fourth-order valence-corrected chi connectivity index (χ4v) is 2.37. The van der Waals surface area contributed by atoms with Gasteiger partial charge >= 0.3 is 0 Å². The standard InChI is InChI=1S/C21H22N4O2/c1-2-14-22-21(26)19-12-13-20(25-24-19)23-17-8-10-18(11-9-17)27-15-16-6-4-3-5-7-16/h3-13H,2,14-15H2,1H3,(H,22,26)(H,23,25). The zero-order chi connectivity index (χ0) is 18.9. The number of carbonyl (C=O) groups excluding carboxylic acids is 1. The quantitative estimate of drug-likeness (QED) is 0.635. The van der Waals surface area contributed by atoms with Crippen molar-refractivity contribution < 1.29 is 9.53 Å². The van der Waals surface area contributed by atoms with Crippen LogP contribution in [0.15, 0.2) is 66.7 Å². The highest BCUT2D eigenvalue weighted by atomic mass is 16.5. The van der Waals surface area contributed by atoms with E-state index in [4.69, 9.17) is 4.74 Å². The smallest absolute Gasteiger partial charge is 0.271 e. The third-order valence-electron chi connectivity index (χ3n) is 3.81. The lowest BCUT2D eigenvalue weighted by Crippen LogP contribution is -2.25. The maximum Gasteiger partial charge on any atom is 0.271 e. The van der Waals surface area contributed by atoms with E-state index >= 15 is 0 Å². The van der Waals surface area contributed by atoms with Gasteiger partial charge in [-0.05, 0) is 48.4 Å². The molecule has 0 spiro atoms. The Morgan fingerprint density at radius 3 is 2.41 bits per heavy atom. The highest BCUT2D eigenvalue weighted by Gasteiger charge is 2.07. The molecule has 2 N–H and O–H groups in total. The van der Waals surface area contributed by atoms with Crippen LogP contribution in [-0.4, -0.2) is 22.6 Å². The largest absolute Gasteiger partial charge is 0.489 e. The Labute approximate surface area is 158 Å². The molecule has 1 heterocycles. The predicted molar refractivity (Wildman–Crippen MR) is 105 cm³/mol. The molecule has 0 atom stereocenters. The second-order valence-electron chi connectivity index (χ2n) is 5.98. The summed E-state index contributed by atoms with van der Waals surface area (Å²) in [7, 11) is 0. The van der Waals surface area contributed by atoms with Gasteiger partial charge in [-0.1, -0.05) is 37.3 Å². The van der Waals surface area contributed by atoms with E-state index in [1.807, 2.05) is 61.5 Å². The number of hydrogen-bond acceptors (Lipinski definition) is 5. The Kier molecular flexibility index (Phi) is 6.35. The summed E-state index contributed by atoms with van der Waals surface area (Å²) in [5, 5.41) is 13.9. The van der Waals surface area contributed by atoms with Crippen LogP contribution in [0.3, 0.4) is 0 Å². The van der Waals surface area contributed by atoms with Crippen molar-refractivity contribution in [3.8, 4) is 5.75 Å². The zero-order valence-electron chi connectivity index (χ0n) is 15.2. The van der Waals surface area contributed by atoms with Gasteiger partial charge in [-0.2, -0.15) is 0 Å². The van der Waals surface area contributed by atoms with Crippen molar-refractivity contribution >= 4 is 17.4 Å². The lowest BCUT2D eigenvalue weighted by molar-refractivity contribution is 0.0947. The molecule has 0 aliphatic rings. The van der Waals surface area contributed by atoms with Crippen LogP contribution in [0, 0.1) is 0 Å². The molecule has 0 aliphatic heterocycles. The predicted octanol–water partition coefficient (Wildman–Crippen LogP) is 3.94. The van der Waals surface area contributed by atoms with Gasteiger partial charge in [0.1, 0.15) is 12.4 Å². The molecule has 1 amide bonds. The Morgan fingerprint density at radius 1 is 0.963 bits per heavy atom. The average molecular weight is 362 g/mol. The first-order valence-corrected chi connectivity index (χ1v) is 8.90. The summed E-state index contributed by atoms with van der Waals surface area (Å²) >= 11 is 0. The van der Waals surface area contributed by atoms with E-state index in [9.17, 15) is 4.79 Å². The minimum Gasteiger partial charge on any atom is -0.489 e. The van der Waals surface area contributed by atoms with Crippen molar-refractivity contribution in [3.63, 3.8) is 0 Å². The lowest BCUT2D eigenvalue weighted by atomic mass is 10.2. The molecule has 1 aromatic heterocycles. The molecule has 0 saturated heterocycles. The first-order valence-electron chi connectivity index (χ1n) is 8.90. The number of carbonyl (C=O) groups is 1. The van der Waals surface area contributed by atoms with E-state index in [2.05, 4.69) is 20.8 Å². The Hall–Kier alpha value is -3.41. The van der Waals surface area contributed by atoms with Crippen molar-refractivity contribution in [2.24, 2.45) is 0 Å². The molecule has 0 saturated carbocycles.